The fraction of sp³-hybridized carbons (Fsp3) is 0.222. The Balaban J connectivity index is 1.74. The van der Waals surface area contributed by atoms with Gasteiger partial charge in [0.05, 0.1) is 16.9 Å². The Hall–Kier alpha value is -2.42. The van der Waals surface area contributed by atoms with Crippen LogP contribution in [-0.4, -0.2) is 23.1 Å². The van der Waals surface area contributed by atoms with Crippen molar-refractivity contribution in [3.05, 3.63) is 54.7 Å². The van der Waals surface area contributed by atoms with E-state index in [-0.39, 0.29) is 0 Å². The van der Waals surface area contributed by atoms with Crippen molar-refractivity contribution in [2.24, 2.45) is 0 Å². The van der Waals surface area contributed by atoms with Crippen LogP contribution in [0.2, 0.25) is 0 Å². The molecule has 1 aliphatic rings. The fourth-order valence-corrected chi connectivity index (χ4v) is 2.94. The highest BCUT2D eigenvalue weighted by atomic mass is 15.1. The van der Waals surface area contributed by atoms with Crippen molar-refractivity contribution in [2.45, 2.75) is 12.8 Å². The summed E-state index contributed by atoms with van der Waals surface area (Å²) in [7, 11) is 0. The molecule has 3 aromatic rings. The lowest BCUT2D eigenvalue weighted by molar-refractivity contribution is 0.949. The van der Waals surface area contributed by atoms with E-state index in [1.807, 2.05) is 18.2 Å². The summed E-state index contributed by atoms with van der Waals surface area (Å²) in [6.07, 6.45) is 4.40. The number of pyridine rings is 2. The van der Waals surface area contributed by atoms with Crippen LogP contribution in [-0.2, 0) is 0 Å². The van der Waals surface area contributed by atoms with Crippen molar-refractivity contribution < 1.29 is 0 Å². The molecule has 0 spiro atoms. The van der Waals surface area contributed by atoms with Gasteiger partial charge >= 0.3 is 0 Å². The molecule has 1 saturated heterocycles. The summed E-state index contributed by atoms with van der Waals surface area (Å²) in [6, 6.07) is 16.7. The molecule has 0 aliphatic carbocycles. The maximum Gasteiger partial charge on any atom is 0.0893 e. The van der Waals surface area contributed by atoms with Crippen LogP contribution < -0.4 is 4.90 Å². The summed E-state index contributed by atoms with van der Waals surface area (Å²) in [6.45, 7) is 2.34. The number of rotatable bonds is 2. The topological polar surface area (TPSA) is 29.0 Å². The van der Waals surface area contributed by atoms with Crippen LogP contribution in [0.1, 0.15) is 12.8 Å². The molecule has 1 aliphatic heterocycles. The third kappa shape index (κ3) is 2.35. The first-order chi connectivity index (χ1) is 10.4. The Morgan fingerprint density at radius 1 is 0.857 bits per heavy atom. The summed E-state index contributed by atoms with van der Waals surface area (Å²) < 4.78 is 0. The molecule has 0 amide bonds. The van der Waals surface area contributed by atoms with Crippen molar-refractivity contribution in [1.29, 1.82) is 0 Å². The minimum atomic E-state index is 0.919. The second-order valence-corrected chi connectivity index (χ2v) is 5.48. The van der Waals surface area contributed by atoms with Gasteiger partial charge in [-0.15, -0.1) is 0 Å². The van der Waals surface area contributed by atoms with E-state index in [2.05, 4.69) is 40.2 Å². The summed E-state index contributed by atoms with van der Waals surface area (Å²) in [5.41, 5.74) is 4.19. The zero-order valence-corrected chi connectivity index (χ0v) is 11.9. The van der Waals surface area contributed by atoms with Crippen molar-refractivity contribution in [1.82, 2.24) is 9.97 Å². The van der Waals surface area contributed by atoms with E-state index in [1.54, 1.807) is 6.20 Å². The minimum absolute atomic E-state index is 0.919. The number of fused-ring (bicyclic) bond motifs is 1. The Morgan fingerprint density at radius 2 is 1.76 bits per heavy atom. The second-order valence-electron chi connectivity index (χ2n) is 5.48. The van der Waals surface area contributed by atoms with Crippen LogP contribution >= 0.6 is 0 Å². The molecule has 3 heterocycles. The van der Waals surface area contributed by atoms with Gasteiger partial charge in [-0.05, 0) is 49.2 Å². The standard InChI is InChI=1S/C18H17N3/c1-2-10-19-17(5-1)18-8-6-14-13-15(7-9-16(14)20-18)21-11-3-4-12-21/h1-2,5-10,13H,3-4,11-12H2. The van der Waals surface area contributed by atoms with E-state index in [1.165, 1.54) is 37.0 Å². The normalized spacial score (nSPS) is 14.8. The Kier molecular flexibility index (Phi) is 3.03. The average Bonchev–Trinajstić information content (AvgIpc) is 3.09. The van der Waals surface area contributed by atoms with Gasteiger partial charge in [-0.25, -0.2) is 4.98 Å². The van der Waals surface area contributed by atoms with Gasteiger partial charge < -0.3 is 4.90 Å². The second kappa shape index (κ2) is 5.17. The molecule has 3 heteroatoms. The molecule has 1 aromatic carbocycles. The minimum Gasteiger partial charge on any atom is -0.372 e. The third-order valence-corrected chi connectivity index (χ3v) is 4.07. The van der Waals surface area contributed by atoms with Gasteiger partial charge in [0.25, 0.3) is 0 Å². The summed E-state index contributed by atoms with van der Waals surface area (Å²) >= 11 is 0. The molecule has 0 bridgehead atoms. The van der Waals surface area contributed by atoms with Crippen LogP contribution in [0.5, 0.6) is 0 Å². The van der Waals surface area contributed by atoms with Gasteiger partial charge in [0.1, 0.15) is 0 Å². The highest BCUT2D eigenvalue weighted by Crippen LogP contribution is 2.26. The van der Waals surface area contributed by atoms with Crippen LogP contribution in [0.25, 0.3) is 22.3 Å². The zero-order valence-electron chi connectivity index (χ0n) is 11.9. The molecule has 0 saturated carbocycles. The van der Waals surface area contributed by atoms with Crippen molar-refractivity contribution in [2.75, 3.05) is 18.0 Å². The van der Waals surface area contributed by atoms with Crippen molar-refractivity contribution >= 4 is 16.6 Å². The number of nitrogens with zero attached hydrogens (tertiary/aromatic N) is 3. The van der Waals surface area contributed by atoms with Gasteiger partial charge in [0, 0.05) is 30.4 Å². The molecule has 0 atom stereocenters. The maximum atomic E-state index is 4.73. The van der Waals surface area contributed by atoms with E-state index in [4.69, 9.17) is 4.98 Å². The first kappa shape index (κ1) is 12.3. The van der Waals surface area contributed by atoms with Crippen molar-refractivity contribution in [3.63, 3.8) is 0 Å². The van der Waals surface area contributed by atoms with E-state index in [0.29, 0.717) is 0 Å². The number of anilines is 1. The predicted molar refractivity (Wildman–Crippen MR) is 86.4 cm³/mol. The number of aromatic nitrogens is 2. The molecule has 21 heavy (non-hydrogen) atoms. The van der Waals surface area contributed by atoms with Crippen LogP contribution in [0.4, 0.5) is 5.69 Å². The Labute approximate surface area is 124 Å². The first-order valence-corrected chi connectivity index (χ1v) is 7.47. The molecule has 0 radical (unpaired) electrons. The van der Waals surface area contributed by atoms with Gasteiger partial charge in [0.15, 0.2) is 0 Å². The maximum absolute atomic E-state index is 4.73. The predicted octanol–water partition coefficient (Wildman–Crippen LogP) is 3.90. The monoisotopic (exact) mass is 275 g/mol. The number of benzene rings is 1. The number of hydrogen-bond acceptors (Lipinski definition) is 3. The lowest BCUT2D eigenvalue weighted by Crippen LogP contribution is -2.17. The highest BCUT2D eigenvalue weighted by molar-refractivity contribution is 5.84. The van der Waals surface area contributed by atoms with E-state index < -0.39 is 0 Å². The quantitative estimate of drug-likeness (QED) is 0.710. The Morgan fingerprint density at radius 3 is 2.57 bits per heavy atom. The summed E-state index contributed by atoms with van der Waals surface area (Å²) in [5.74, 6) is 0. The third-order valence-electron chi connectivity index (χ3n) is 4.07. The van der Waals surface area contributed by atoms with E-state index in [9.17, 15) is 0 Å². The lowest BCUT2D eigenvalue weighted by Gasteiger charge is -2.17. The molecule has 104 valence electrons. The van der Waals surface area contributed by atoms with E-state index in [0.717, 1.165) is 16.9 Å². The smallest absolute Gasteiger partial charge is 0.0893 e. The van der Waals surface area contributed by atoms with Crippen LogP contribution in [0, 0.1) is 0 Å². The fourth-order valence-electron chi connectivity index (χ4n) is 2.94. The summed E-state index contributed by atoms with van der Waals surface area (Å²) in [5, 5.41) is 1.19. The zero-order chi connectivity index (χ0) is 14.1. The largest absolute Gasteiger partial charge is 0.372 e. The highest BCUT2D eigenvalue weighted by Gasteiger charge is 2.12. The molecule has 2 aromatic heterocycles. The van der Waals surface area contributed by atoms with Crippen LogP contribution in [0.15, 0.2) is 54.7 Å². The first-order valence-electron chi connectivity index (χ1n) is 7.47. The SMILES string of the molecule is c1ccc(-c2ccc3cc(N4CCCC4)ccc3n2)nc1. The van der Waals surface area contributed by atoms with E-state index >= 15 is 0 Å². The number of hydrogen-bond donors (Lipinski definition) is 0. The molecule has 4 rings (SSSR count). The van der Waals surface area contributed by atoms with Gasteiger partial charge in [-0.1, -0.05) is 12.1 Å². The molecule has 0 unspecified atom stereocenters. The molecule has 1 fully saturated rings. The van der Waals surface area contributed by atoms with Gasteiger partial charge in [0.2, 0.25) is 0 Å². The lowest BCUT2D eigenvalue weighted by atomic mass is 10.1. The molecule has 3 nitrogen and oxygen atoms in total. The molecule has 0 N–H and O–H groups in total. The molecular formula is C18H17N3. The van der Waals surface area contributed by atoms with Gasteiger partial charge in [-0.2, -0.15) is 0 Å². The molecular weight excluding hydrogens is 258 g/mol. The van der Waals surface area contributed by atoms with Crippen molar-refractivity contribution in [3.8, 4) is 11.4 Å². The Bertz CT molecular complexity index is 762. The average molecular weight is 275 g/mol. The van der Waals surface area contributed by atoms with Gasteiger partial charge in [-0.3, -0.25) is 4.98 Å². The van der Waals surface area contributed by atoms with Crippen LogP contribution in [0.3, 0.4) is 0 Å². The summed E-state index contributed by atoms with van der Waals surface area (Å²) in [4.78, 5) is 11.5.